The third kappa shape index (κ3) is 3.24. The molecule has 1 aromatic rings. The summed E-state index contributed by atoms with van der Waals surface area (Å²) in [4.78, 5) is 2.56. The van der Waals surface area contributed by atoms with E-state index in [2.05, 4.69) is 36.2 Å². The van der Waals surface area contributed by atoms with Crippen LogP contribution in [0.2, 0.25) is 0 Å². The molecule has 0 radical (unpaired) electrons. The van der Waals surface area contributed by atoms with Gasteiger partial charge in [-0.15, -0.1) is 0 Å². The number of ether oxygens (including phenoxy) is 1. The Balaban J connectivity index is 2.06. The summed E-state index contributed by atoms with van der Waals surface area (Å²) in [6.07, 6.45) is 0. The van der Waals surface area contributed by atoms with Crippen LogP contribution in [0.4, 0.5) is 0 Å². The lowest BCUT2D eigenvalue weighted by Crippen LogP contribution is -2.32. The number of nitrogens with one attached hydrogen (secondary N) is 1. The van der Waals surface area contributed by atoms with Crippen molar-refractivity contribution in [1.82, 2.24) is 10.2 Å². The fourth-order valence-electron chi connectivity index (χ4n) is 2.57. The Bertz CT molecular complexity index is 363. The summed E-state index contributed by atoms with van der Waals surface area (Å²) in [5.41, 5.74) is 1.37. The number of nitrogens with zero attached hydrogens (tertiary/aromatic N) is 1. The highest BCUT2D eigenvalue weighted by molar-refractivity contribution is 5.28. The van der Waals surface area contributed by atoms with E-state index in [9.17, 15) is 0 Å². The Labute approximate surface area is 110 Å². The lowest BCUT2D eigenvalue weighted by atomic mass is 10.1. The molecule has 0 spiro atoms. The van der Waals surface area contributed by atoms with Crippen molar-refractivity contribution in [3.05, 3.63) is 29.8 Å². The van der Waals surface area contributed by atoms with Gasteiger partial charge >= 0.3 is 0 Å². The van der Waals surface area contributed by atoms with E-state index in [0.29, 0.717) is 12.0 Å². The standard InChI is InChI=1S/C15H24N2O/c1-12-10-16-8-9-17(11-12)13(2)14-4-6-15(18-3)7-5-14/h4-7,12-13,16H,8-11H2,1-3H3. The van der Waals surface area contributed by atoms with Crippen molar-refractivity contribution in [1.29, 1.82) is 0 Å². The van der Waals surface area contributed by atoms with Crippen LogP contribution in [0.1, 0.15) is 25.5 Å². The van der Waals surface area contributed by atoms with Gasteiger partial charge in [-0.1, -0.05) is 19.1 Å². The van der Waals surface area contributed by atoms with Gasteiger partial charge in [-0.05, 0) is 37.1 Å². The number of benzene rings is 1. The highest BCUT2D eigenvalue weighted by Gasteiger charge is 2.20. The van der Waals surface area contributed by atoms with Gasteiger partial charge in [0, 0.05) is 25.7 Å². The summed E-state index contributed by atoms with van der Waals surface area (Å²) in [6, 6.07) is 8.91. The van der Waals surface area contributed by atoms with Gasteiger partial charge in [-0.2, -0.15) is 0 Å². The first-order valence-corrected chi connectivity index (χ1v) is 6.79. The third-order valence-electron chi connectivity index (χ3n) is 3.76. The predicted molar refractivity (Wildman–Crippen MR) is 75.0 cm³/mol. The van der Waals surface area contributed by atoms with E-state index in [1.807, 2.05) is 12.1 Å². The van der Waals surface area contributed by atoms with Crippen molar-refractivity contribution in [2.24, 2.45) is 5.92 Å². The maximum Gasteiger partial charge on any atom is 0.118 e. The van der Waals surface area contributed by atoms with Crippen LogP contribution in [0.5, 0.6) is 5.75 Å². The second kappa shape index (κ2) is 6.21. The van der Waals surface area contributed by atoms with E-state index >= 15 is 0 Å². The van der Waals surface area contributed by atoms with Gasteiger partial charge in [0.05, 0.1) is 7.11 Å². The highest BCUT2D eigenvalue weighted by Crippen LogP contribution is 2.23. The molecule has 1 aliphatic heterocycles. The topological polar surface area (TPSA) is 24.5 Å². The van der Waals surface area contributed by atoms with Gasteiger partial charge in [0.15, 0.2) is 0 Å². The van der Waals surface area contributed by atoms with Gasteiger partial charge < -0.3 is 10.1 Å². The van der Waals surface area contributed by atoms with Gasteiger partial charge in [-0.3, -0.25) is 4.90 Å². The first kappa shape index (κ1) is 13.4. The monoisotopic (exact) mass is 248 g/mol. The summed E-state index contributed by atoms with van der Waals surface area (Å²) in [5, 5.41) is 3.49. The zero-order valence-corrected chi connectivity index (χ0v) is 11.6. The van der Waals surface area contributed by atoms with Crippen molar-refractivity contribution in [2.75, 3.05) is 33.3 Å². The molecule has 1 aliphatic rings. The van der Waals surface area contributed by atoms with Crippen LogP contribution in [0.3, 0.4) is 0 Å². The van der Waals surface area contributed by atoms with Crippen molar-refractivity contribution in [3.63, 3.8) is 0 Å². The van der Waals surface area contributed by atoms with E-state index in [-0.39, 0.29) is 0 Å². The van der Waals surface area contributed by atoms with Crippen LogP contribution in [0.15, 0.2) is 24.3 Å². The molecule has 1 saturated heterocycles. The molecular weight excluding hydrogens is 224 g/mol. The lowest BCUT2D eigenvalue weighted by Gasteiger charge is -2.29. The van der Waals surface area contributed by atoms with Gasteiger partial charge in [0.1, 0.15) is 5.75 Å². The molecule has 1 fully saturated rings. The molecule has 0 bridgehead atoms. The van der Waals surface area contributed by atoms with Crippen LogP contribution in [-0.4, -0.2) is 38.2 Å². The zero-order chi connectivity index (χ0) is 13.0. The van der Waals surface area contributed by atoms with Crippen LogP contribution >= 0.6 is 0 Å². The Morgan fingerprint density at radius 1 is 1.33 bits per heavy atom. The predicted octanol–water partition coefficient (Wildman–Crippen LogP) is 2.30. The smallest absolute Gasteiger partial charge is 0.118 e. The normalized spacial score (nSPS) is 23.4. The molecule has 2 rings (SSSR count). The van der Waals surface area contributed by atoms with Crippen LogP contribution < -0.4 is 10.1 Å². The summed E-state index contributed by atoms with van der Waals surface area (Å²) < 4.78 is 5.21. The minimum Gasteiger partial charge on any atom is -0.497 e. The van der Waals surface area contributed by atoms with Crippen LogP contribution in [0.25, 0.3) is 0 Å². The average molecular weight is 248 g/mol. The second-order valence-corrected chi connectivity index (χ2v) is 5.25. The molecule has 1 N–H and O–H groups in total. The largest absolute Gasteiger partial charge is 0.497 e. The Morgan fingerprint density at radius 2 is 2.06 bits per heavy atom. The fraction of sp³-hybridized carbons (Fsp3) is 0.600. The molecule has 0 aromatic heterocycles. The molecule has 0 amide bonds. The first-order chi connectivity index (χ1) is 8.70. The molecule has 100 valence electrons. The number of rotatable bonds is 3. The van der Waals surface area contributed by atoms with Gasteiger partial charge in [0.2, 0.25) is 0 Å². The molecule has 1 aromatic carbocycles. The molecule has 3 nitrogen and oxygen atoms in total. The van der Waals surface area contributed by atoms with E-state index in [1.165, 1.54) is 12.1 Å². The fourth-order valence-corrected chi connectivity index (χ4v) is 2.57. The van der Waals surface area contributed by atoms with Crippen molar-refractivity contribution >= 4 is 0 Å². The summed E-state index contributed by atoms with van der Waals surface area (Å²) in [6.45, 7) is 9.11. The maximum atomic E-state index is 5.21. The number of hydrogen-bond donors (Lipinski definition) is 1. The van der Waals surface area contributed by atoms with E-state index in [0.717, 1.165) is 25.4 Å². The Morgan fingerprint density at radius 3 is 2.72 bits per heavy atom. The lowest BCUT2D eigenvalue weighted by molar-refractivity contribution is 0.204. The van der Waals surface area contributed by atoms with E-state index in [1.54, 1.807) is 7.11 Å². The molecule has 3 heteroatoms. The van der Waals surface area contributed by atoms with Crippen molar-refractivity contribution in [3.8, 4) is 5.75 Å². The quantitative estimate of drug-likeness (QED) is 0.888. The molecule has 0 saturated carbocycles. The van der Waals surface area contributed by atoms with Crippen molar-refractivity contribution in [2.45, 2.75) is 19.9 Å². The third-order valence-corrected chi connectivity index (χ3v) is 3.76. The molecule has 1 heterocycles. The minimum atomic E-state index is 0.471. The average Bonchev–Trinajstić information content (AvgIpc) is 2.63. The first-order valence-electron chi connectivity index (χ1n) is 6.79. The Kier molecular flexibility index (Phi) is 4.61. The maximum absolute atomic E-state index is 5.21. The molecule has 2 unspecified atom stereocenters. The highest BCUT2D eigenvalue weighted by atomic mass is 16.5. The van der Waals surface area contributed by atoms with Crippen LogP contribution in [0, 0.1) is 5.92 Å². The zero-order valence-electron chi connectivity index (χ0n) is 11.6. The van der Waals surface area contributed by atoms with E-state index < -0.39 is 0 Å². The summed E-state index contributed by atoms with van der Waals surface area (Å²) in [7, 11) is 1.71. The van der Waals surface area contributed by atoms with Gasteiger partial charge in [0.25, 0.3) is 0 Å². The molecule has 0 aliphatic carbocycles. The summed E-state index contributed by atoms with van der Waals surface area (Å²) in [5.74, 6) is 1.64. The minimum absolute atomic E-state index is 0.471. The van der Waals surface area contributed by atoms with Gasteiger partial charge in [-0.25, -0.2) is 0 Å². The SMILES string of the molecule is COc1ccc(C(C)N2CCNCC(C)C2)cc1. The summed E-state index contributed by atoms with van der Waals surface area (Å²) >= 11 is 0. The molecule has 18 heavy (non-hydrogen) atoms. The van der Waals surface area contributed by atoms with E-state index in [4.69, 9.17) is 4.74 Å². The van der Waals surface area contributed by atoms with Crippen molar-refractivity contribution < 1.29 is 4.74 Å². The number of hydrogen-bond acceptors (Lipinski definition) is 3. The molecule has 2 atom stereocenters. The Hall–Kier alpha value is -1.06. The number of methoxy groups -OCH3 is 1. The van der Waals surface area contributed by atoms with Crippen LogP contribution in [-0.2, 0) is 0 Å². The second-order valence-electron chi connectivity index (χ2n) is 5.25. The molecular formula is C15H24N2O.